The fourth-order valence-electron chi connectivity index (χ4n) is 3.01. The van der Waals surface area contributed by atoms with Gasteiger partial charge in [0, 0.05) is 31.4 Å². The van der Waals surface area contributed by atoms with Crippen LogP contribution >= 0.6 is 0 Å². The molecule has 1 aromatic carbocycles. The molecule has 1 aromatic heterocycles. The van der Waals surface area contributed by atoms with Gasteiger partial charge in [0.25, 0.3) is 6.47 Å². The monoisotopic (exact) mass is 349 g/mol. The van der Waals surface area contributed by atoms with Crippen LogP contribution in [-0.4, -0.2) is 57.4 Å². The van der Waals surface area contributed by atoms with E-state index in [1.807, 2.05) is 12.1 Å². The maximum atomic E-state index is 13.0. The Balaban J connectivity index is 0.000000701. The number of likely N-dealkylation sites (N-methyl/N-ethyl adjacent to an activating group) is 1. The average Bonchev–Trinajstić information content (AvgIpc) is 3.25. The molecule has 0 saturated carbocycles. The molecule has 1 aliphatic heterocycles. The quantitative estimate of drug-likeness (QED) is 0.831. The van der Waals surface area contributed by atoms with E-state index in [-0.39, 0.29) is 12.3 Å². The van der Waals surface area contributed by atoms with Crippen molar-refractivity contribution in [3.63, 3.8) is 0 Å². The first-order valence-electron chi connectivity index (χ1n) is 8.24. The molecule has 1 unspecified atom stereocenters. The topological polar surface area (TPSA) is 74.5 Å². The SMILES string of the molecule is CCn1cnnc1CN(C)C1CCN(c2ccc(F)cc2)C1.O=CO. The summed E-state index contributed by atoms with van der Waals surface area (Å²) in [6.45, 7) is 5.50. The normalized spacial score (nSPS) is 16.6. The van der Waals surface area contributed by atoms with E-state index in [2.05, 4.69) is 38.5 Å². The van der Waals surface area contributed by atoms with Gasteiger partial charge in [0.05, 0.1) is 6.54 Å². The van der Waals surface area contributed by atoms with Crippen LogP contribution in [0.2, 0.25) is 0 Å². The van der Waals surface area contributed by atoms with Gasteiger partial charge in [-0.3, -0.25) is 9.69 Å². The predicted octanol–water partition coefficient (Wildman–Crippen LogP) is 1.85. The van der Waals surface area contributed by atoms with Crippen molar-refractivity contribution in [3.8, 4) is 0 Å². The minimum absolute atomic E-state index is 0.185. The smallest absolute Gasteiger partial charge is 0.290 e. The molecule has 3 rings (SSSR count). The van der Waals surface area contributed by atoms with Crippen LogP contribution in [0.25, 0.3) is 0 Å². The Morgan fingerprint density at radius 3 is 2.72 bits per heavy atom. The number of rotatable bonds is 5. The summed E-state index contributed by atoms with van der Waals surface area (Å²) in [4.78, 5) is 13.0. The molecule has 1 N–H and O–H groups in total. The summed E-state index contributed by atoms with van der Waals surface area (Å²) in [5.74, 6) is 0.820. The lowest BCUT2D eigenvalue weighted by molar-refractivity contribution is -0.122. The van der Waals surface area contributed by atoms with E-state index in [0.717, 1.165) is 44.1 Å². The number of aromatic nitrogens is 3. The molecule has 0 aliphatic carbocycles. The van der Waals surface area contributed by atoms with Crippen LogP contribution in [0.1, 0.15) is 19.2 Å². The van der Waals surface area contributed by atoms with E-state index in [1.54, 1.807) is 6.33 Å². The number of anilines is 1. The largest absolute Gasteiger partial charge is 0.483 e. The van der Waals surface area contributed by atoms with Crippen molar-refractivity contribution in [2.75, 3.05) is 25.0 Å². The molecule has 25 heavy (non-hydrogen) atoms. The summed E-state index contributed by atoms with van der Waals surface area (Å²) >= 11 is 0. The first kappa shape index (κ1) is 18.9. The number of aryl methyl sites for hydroxylation is 1. The van der Waals surface area contributed by atoms with E-state index < -0.39 is 0 Å². The Hall–Kier alpha value is -2.48. The fourth-order valence-corrected chi connectivity index (χ4v) is 3.01. The molecule has 2 heterocycles. The van der Waals surface area contributed by atoms with Crippen molar-refractivity contribution in [2.24, 2.45) is 0 Å². The van der Waals surface area contributed by atoms with Gasteiger partial charge in [-0.15, -0.1) is 10.2 Å². The van der Waals surface area contributed by atoms with E-state index in [0.29, 0.717) is 6.04 Å². The Labute approximate surface area is 146 Å². The molecule has 0 radical (unpaired) electrons. The highest BCUT2D eigenvalue weighted by Crippen LogP contribution is 2.23. The maximum absolute atomic E-state index is 13.0. The van der Waals surface area contributed by atoms with Crippen molar-refractivity contribution in [1.82, 2.24) is 19.7 Å². The molecular formula is C17H24FN5O2. The Bertz CT molecular complexity index is 661. The van der Waals surface area contributed by atoms with Crippen LogP contribution in [0.3, 0.4) is 0 Å². The van der Waals surface area contributed by atoms with Gasteiger partial charge in [-0.2, -0.15) is 0 Å². The molecule has 1 saturated heterocycles. The predicted molar refractivity (Wildman–Crippen MR) is 92.9 cm³/mol. The van der Waals surface area contributed by atoms with Gasteiger partial charge < -0.3 is 14.6 Å². The molecule has 1 fully saturated rings. The van der Waals surface area contributed by atoms with E-state index in [1.165, 1.54) is 12.1 Å². The molecule has 2 aromatic rings. The van der Waals surface area contributed by atoms with Crippen molar-refractivity contribution in [3.05, 3.63) is 42.2 Å². The molecule has 136 valence electrons. The number of benzene rings is 1. The van der Waals surface area contributed by atoms with Crippen molar-refractivity contribution < 1.29 is 14.3 Å². The number of halogens is 1. The van der Waals surface area contributed by atoms with E-state index in [4.69, 9.17) is 9.90 Å². The van der Waals surface area contributed by atoms with Crippen LogP contribution in [0.4, 0.5) is 10.1 Å². The van der Waals surface area contributed by atoms with Crippen LogP contribution in [-0.2, 0) is 17.9 Å². The average molecular weight is 349 g/mol. The minimum atomic E-state index is -0.250. The van der Waals surface area contributed by atoms with Crippen molar-refractivity contribution >= 4 is 12.2 Å². The highest BCUT2D eigenvalue weighted by Gasteiger charge is 2.26. The van der Waals surface area contributed by atoms with Crippen LogP contribution < -0.4 is 4.90 Å². The number of carbonyl (C=O) groups is 1. The van der Waals surface area contributed by atoms with Gasteiger partial charge in [-0.1, -0.05) is 0 Å². The van der Waals surface area contributed by atoms with Crippen molar-refractivity contribution in [1.29, 1.82) is 0 Å². The molecule has 1 aliphatic rings. The van der Waals surface area contributed by atoms with Crippen LogP contribution in [0.15, 0.2) is 30.6 Å². The van der Waals surface area contributed by atoms with E-state index >= 15 is 0 Å². The van der Waals surface area contributed by atoms with Gasteiger partial charge in [0.1, 0.15) is 18.0 Å². The van der Waals surface area contributed by atoms with Gasteiger partial charge >= 0.3 is 0 Å². The molecule has 8 heteroatoms. The summed E-state index contributed by atoms with van der Waals surface area (Å²) < 4.78 is 15.1. The highest BCUT2D eigenvalue weighted by atomic mass is 19.1. The second-order valence-corrected chi connectivity index (χ2v) is 5.92. The van der Waals surface area contributed by atoms with Crippen molar-refractivity contribution in [2.45, 2.75) is 32.5 Å². The molecule has 0 spiro atoms. The third-order valence-corrected chi connectivity index (χ3v) is 4.41. The van der Waals surface area contributed by atoms with Gasteiger partial charge in [-0.25, -0.2) is 4.39 Å². The first-order chi connectivity index (χ1) is 12.1. The zero-order chi connectivity index (χ0) is 18.2. The van der Waals surface area contributed by atoms with Gasteiger partial charge in [0.15, 0.2) is 0 Å². The molecule has 0 bridgehead atoms. The minimum Gasteiger partial charge on any atom is -0.483 e. The standard InChI is InChI=1S/C16H22FN5.CH2O2/c1-3-21-12-18-19-16(21)11-20(2)15-8-9-22(10-15)14-6-4-13(17)5-7-14;2-1-3/h4-7,12,15H,3,8-11H2,1-2H3;1H,(H,2,3). The lowest BCUT2D eigenvalue weighted by Crippen LogP contribution is -2.34. The van der Waals surface area contributed by atoms with Crippen LogP contribution in [0.5, 0.6) is 0 Å². The summed E-state index contributed by atoms with van der Waals surface area (Å²) in [5.41, 5.74) is 1.09. The Morgan fingerprint density at radius 2 is 2.08 bits per heavy atom. The number of nitrogens with zero attached hydrogens (tertiary/aromatic N) is 5. The third-order valence-electron chi connectivity index (χ3n) is 4.41. The summed E-state index contributed by atoms with van der Waals surface area (Å²) in [5, 5.41) is 15.1. The molecule has 7 nitrogen and oxygen atoms in total. The summed E-state index contributed by atoms with van der Waals surface area (Å²) in [6, 6.07) is 7.23. The summed E-state index contributed by atoms with van der Waals surface area (Å²) in [7, 11) is 2.13. The first-order valence-corrected chi connectivity index (χ1v) is 8.24. The third kappa shape index (κ3) is 4.99. The van der Waals surface area contributed by atoms with Gasteiger partial charge in [-0.05, 0) is 44.7 Å². The van der Waals surface area contributed by atoms with E-state index in [9.17, 15) is 4.39 Å². The van der Waals surface area contributed by atoms with Crippen LogP contribution in [0, 0.1) is 5.82 Å². The Morgan fingerprint density at radius 1 is 1.40 bits per heavy atom. The second-order valence-electron chi connectivity index (χ2n) is 5.92. The second kappa shape index (κ2) is 9.12. The lowest BCUT2D eigenvalue weighted by Gasteiger charge is -2.25. The highest BCUT2D eigenvalue weighted by molar-refractivity contribution is 5.47. The zero-order valence-corrected chi connectivity index (χ0v) is 14.5. The number of carboxylic acid groups (broad SMARTS) is 1. The Kier molecular flexibility index (Phi) is 6.88. The maximum Gasteiger partial charge on any atom is 0.290 e. The molecule has 0 amide bonds. The zero-order valence-electron chi connectivity index (χ0n) is 14.5. The number of hydrogen-bond acceptors (Lipinski definition) is 5. The molecule has 1 atom stereocenters. The lowest BCUT2D eigenvalue weighted by atomic mass is 10.2. The molecular weight excluding hydrogens is 325 g/mol. The number of hydrogen-bond donors (Lipinski definition) is 1. The summed E-state index contributed by atoms with van der Waals surface area (Å²) in [6.07, 6.45) is 2.89. The fraction of sp³-hybridized carbons (Fsp3) is 0.471. The van der Waals surface area contributed by atoms with Gasteiger partial charge in [0.2, 0.25) is 0 Å².